The van der Waals surface area contributed by atoms with Crippen molar-refractivity contribution in [3.8, 4) is 0 Å². The van der Waals surface area contributed by atoms with Crippen molar-refractivity contribution in [3.63, 3.8) is 0 Å². The smallest absolute Gasteiger partial charge is 0.261 e. The molecule has 1 saturated heterocycles. The summed E-state index contributed by atoms with van der Waals surface area (Å²) >= 11 is 1.74. The molecule has 1 N–H and O–H groups in total. The Morgan fingerprint density at radius 3 is 2.57 bits per heavy atom. The highest BCUT2D eigenvalue weighted by Crippen LogP contribution is 2.20. The van der Waals surface area contributed by atoms with E-state index >= 15 is 0 Å². The molecule has 1 fully saturated rings. The maximum Gasteiger partial charge on any atom is 0.261 e. The zero-order chi connectivity index (χ0) is 20.5. The minimum Gasteiger partial charge on any atom is -0.330 e. The van der Waals surface area contributed by atoms with Gasteiger partial charge in [0, 0.05) is 0 Å². The lowest BCUT2D eigenvalue weighted by atomic mass is 10.2. The number of hydrogen-bond donors (Lipinski definition) is 1. The lowest BCUT2D eigenvalue weighted by molar-refractivity contribution is -0.917. The van der Waals surface area contributed by atoms with Gasteiger partial charge >= 0.3 is 0 Å². The number of nitrogens with one attached hydrogen (secondary N) is 1. The average molecular weight is 421 g/mol. The van der Waals surface area contributed by atoms with Crippen LogP contribution in [-0.2, 0) is 17.9 Å². The largest absolute Gasteiger partial charge is 0.330 e. The van der Waals surface area contributed by atoms with Gasteiger partial charge in [-0.05, 0) is 24.3 Å². The summed E-state index contributed by atoms with van der Waals surface area (Å²) in [6.45, 7) is 4.06. The van der Waals surface area contributed by atoms with Crippen LogP contribution in [0.25, 0.3) is 21.1 Å². The summed E-state index contributed by atoms with van der Waals surface area (Å²) in [5.41, 5.74) is 1.53. The molecular weight excluding hydrogens is 398 g/mol. The third-order valence-corrected chi connectivity index (χ3v) is 6.64. The molecule has 8 heteroatoms. The fourth-order valence-electron chi connectivity index (χ4n) is 3.92. The molecule has 2 aromatic carbocycles. The van der Waals surface area contributed by atoms with E-state index in [1.54, 1.807) is 23.5 Å². The van der Waals surface area contributed by atoms with Crippen molar-refractivity contribution in [2.75, 3.05) is 26.2 Å². The van der Waals surface area contributed by atoms with Crippen LogP contribution in [0.15, 0.2) is 59.7 Å². The molecule has 1 aliphatic rings. The first-order valence-electron chi connectivity index (χ1n) is 10.1. The third kappa shape index (κ3) is 3.71. The number of para-hydroxylation sites is 2. The molecule has 0 radical (unpaired) electrons. The number of amides is 1. The highest BCUT2D eigenvalue weighted by atomic mass is 32.1. The average Bonchev–Trinajstić information content (AvgIpc) is 3.18. The summed E-state index contributed by atoms with van der Waals surface area (Å²) in [6.07, 6.45) is 1.47. The van der Waals surface area contributed by atoms with Gasteiger partial charge in [-0.1, -0.05) is 24.3 Å². The van der Waals surface area contributed by atoms with Crippen LogP contribution in [0.3, 0.4) is 0 Å². The Morgan fingerprint density at radius 2 is 1.77 bits per heavy atom. The van der Waals surface area contributed by atoms with Crippen LogP contribution in [0, 0.1) is 0 Å². The Kier molecular flexibility index (Phi) is 5.02. The summed E-state index contributed by atoms with van der Waals surface area (Å²) in [4.78, 5) is 37.7. The zero-order valence-electron chi connectivity index (χ0n) is 16.5. The van der Waals surface area contributed by atoms with Crippen molar-refractivity contribution in [2.24, 2.45) is 0 Å². The van der Waals surface area contributed by atoms with E-state index in [1.165, 1.54) is 20.5 Å². The van der Waals surface area contributed by atoms with Crippen LogP contribution in [0.4, 0.5) is 0 Å². The van der Waals surface area contributed by atoms with E-state index in [0.29, 0.717) is 24.0 Å². The minimum absolute atomic E-state index is 0.0316. The topological polar surface area (TPSA) is 72.5 Å². The number of rotatable bonds is 4. The summed E-state index contributed by atoms with van der Waals surface area (Å²) in [5, 5.41) is 1.68. The Bertz CT molecular complexity index is 1240. The highest BCUT2D eigenvalue weighted by molar-refractivity contribution is 7.18. The second-order valence-corrected chi connectivity index (χ2v) is 8.69. The van der Waals surface area contributed by atoms with Crippen LogP contribution < -0.4 is 10.5 Å². The highest BCUT2D eigenvalue weighted by Gasteiger charge is 2.25. The molecule has 4 aromatic rings. The number of carbonyl (C=O) groups excluding carboxylic acids is 1. The molecule has 7 nitrogen and oxygen atoms in total. The molecule has 0 unspecified atom stereocenters. The molecule has 1 amide bonds. The normalized spacial score (nSPS) is 15.1. The molecule has 30 heavy (non-hydrogen) atoms. The van der Waals surface area contributed by atoms with Crippen LogP contribution in [-0.4, -0.2) is 51.5 Å². The first-order valence-corrected chi connectivity index (χ1v) is 10.9. The number of carbonyl (C=O) groups is 1. The maximum absolute atomic E-state index is 12.8. The first-order chi connectivity index (χ1) is 14.7. The molecule has 3 heterocycles. The number of quaternary nitrogens is 1. The van der Waals surface area contributed by atoms with Crippen molar-refractivity contribution in [2.45, 2.75) is 13.1 Å². The van der Waals surface area contributed by atoms with E-state index in [1.807, 2.05) is 35.2 Å². The van der Waals surface area contributed by atoms with Gasteiger partial charge in [0.25, 0.3) is 5.56 Å². The molecule has 0 bridgehead atoms. The molecule has 152 valence electrons. The predicted molar refractivity (Wildman–Crippen MR) is 117 cm³/mol. The molecule has 0 aliphatic carbocycles. The molecular formula is C22H22N5O2S+. The lowest BCUT2D eigenvalue weighted by Crippen LogP contribution is -3.13. The third-order valence-electron chi connectivity index (χ3n) is 5.60. The number of aromatic nitrogens is 3. The van der Waals surface area contributed by atoms with Crippen molar-refractivity contribution in [3.05, 3.63) is 70.2 Å². The monoisotopic (exact) mass is 420 g/mol. The van der Waals surface area contributed by atoms with Crippen molar-refractivity contribution in [1.29, 1.82) is 0 Å². The van der Waals surface area contributed by atoms with E-state index in [0.717, 1.165) is 30.2 Å². The molecule has 0 spiro atoms. The maximum atomic E-state index is 12.8. The number of hydrogen-bond acceptors (Lipinski definition) is 5. The van der Waals surface area contributed by atoms with Crippen LogP contribution in [0.5, 0.6) is 0 Å². The van der Waals surface area contributed by atoms with Crippen molar-refractivity contribution >= 4 is 38.4 Å². The van der Waals surface area contributed by atoms with E-state index < -0.39 is 0 Å². The van der Waals surface area contributed by atoms with Gasteiger partial charge in [0.2, 0.25) is 5.91 Å². The Labute approximate surface area is 177 Å². The summed E-state index contributed by atoms with van der Waals surface area (Å²) in [5.74, 6) is -0.0341. The molecule has 5 rings (SSSR count). The van der Waals surface area contributed by atoms with Gasteiger partial charge in [-0.25, -0.2) is 9.97 Å². The minimum atomic E-state index is -0.172. The Balaban J connectivity index is 1.20. The van der Waals surface area contributed by atoms with Crippen LogP contribution in [0.1, 0.15) is 5.01 Å². The van der Waals surface area contributed by atoms with Gasteiger partial charge in [-0.15, -0.1) is 11.3 Å². The Morgan fingerprint density at radius 1 is 1.03 bits per heavy atom. The van der Waals surface area contributed by atoms with Gasteiger partial charge < -0.3 is 9.80 Å². The number of fused-ring (bicyclic) bond motifs is 2. The van der Waals surface area contributed by atoms with Gasteiger partial charge in [0.05, 0.1) is 53.6 Å². The summed E-state index contributed by atoms with van der Waals surface area (Å²) < 4.78 is 2.63. The lowest BCUT2D eigenvalue weighted by Gasteiger charge is -2.32. The number of piperazine rings is 1. The quantitative estimate of drug-likeness (QED) is 0.533. The molecule has 2 aromatic heterocycles. The van der Waals surface area contributed by atoms with E-state index in [2.05, 4.69) is 11.1 Å². The van der Waals surface area contributed by atoms with Crippen LogP contribution >= 0.6 is 11.3 Å². The van der Waals surface area contributed by atoms with E-state index in [-0.39, 0.29) is 18.0 Å². The SMILES string of the molecule is O=C(Cn1cnc2ccccc2c1=O)N1CC[NH+](Cc2nc3ccccc3s2)CC1. The van der Waals surface area contributed by atoms with Crippen molar-refractivity contribution in [1.82, 2.24) is 19.4 Å². The fraction of sp³-hybridized carbons (Fsp3) is 0.273. The second-order valence-electron chi connectivity index (χ2n) is 7.58. The van der Waals surface area contributed by atoms with E-state index in [9.17, 15) is 9.59 Å². The number of thiazole rings is 1. The van der Waals surface area contributed by atoms with Crippen LogP contribution in [0.2, 0.25) is 0 Å². The predicted octanol–water partition coefficient (Wildman–Crippen LogP) is 0.934. The standard InChI is InChI=1S/C22H21N5O2S/c28-21(14-27-15-23-17-6-2-1-5-16(17)22(27)29)26-11-9-25(10-12-26)13-20-24-18-7-3-4-8-19(18)30-20/h1-8,15H,9-14H2/p+1. The zero-order valence-corrected chi connectivity index (χ0v) is 17.3. The van der Waals surface area contributed by atoms with Crippen molar-refractivity contribution < 1.29 is 9.69 Å². The van der Waals surface area contributed by atoms with E-state index in [4.69, 9.17) is 4.98 Å². The molecule has 1 aliphatic heterocycles. The van der Waals surface area contributed by atoms with Gasteiger partial charge in [0.1, 0.15) is 18.1 Å². The number of benzene rings is 2. The second kappa shape index (κ2) is 7.97. The summed E-state index contributed by atoms with van der Waals surface area (Å²) in [7, 11) is 0. The molecule has 0 atom stereocenters. The molecule has 0 saturated carbocycles. The Hall–Kier alpha value is -3.10. The number of nitrogens with zero attached hydrogens (tertiary/aromatic N) is 4. The summed E-state index contributed by atoms with van der Waals surface area (Å²) in [6, 6.07) is 15.4. The van der Waals surface area contributed by atoms with Gasteiger partial charge in [-0.2, -0.15) is 0 Å². The van der Waals surface area contributed by atoms with Gasteiger partial charge in [0.15, 0.2) is 0 Å². The first kappa shape index (κ1) is 18.9. The van der Waals surface area contributed by atoms with Gasteiger partial charge in [-0.3, -0.25) is 14.2 Å². The fourth-order valence-corrected chi connectivity index (χ4v) is 4.96.